The number of nitrogens with zero attached hydrogens (tertiary/aromatic N) is 2. The highest BCUT2D eigenvalue weighted by molar-refractivity contribution is 6.32. The molecule has 10 nitrogen and oxygen atoms in total. The molecule has 244 valence electrons. The van der Waals surface area contributed by atoms with Gasteiger partial charge in [-0.3, -0.25) is 20.2 Å². The van der Waals surface area contributed by atoms with E-state index in [1.807, 2.05) is 6.07 Å². The highest BCUT2D eigenvalue weighted by atomic mass is 35.5. The van der Waals surface area contributed by atoms with Gasteiger partial charge < -0.3 is 19.4 Å². The Labute approximate surface area is 283 Å². The molecule has 0 radical (unpaired) electrons. The predicted molar refractivity (Wildman–Crippen MR) is 180 cm³/mol. The van der Waals surface area contributed by atoms with Crippen molar-refractivity contribution in [2.24, 2.45) is 0 Å². The highest BCUT2D eigenvalue weighted by Gasteiger charge is 2.56. The van der Waals surface area contributed by atoms with Crippen LogP contribution in [-0.4, -0.2) is 29.0 Å². The van der Waals surface area contributed by atoms with E-state index in [1.165, 1.54) is 30.0 Å². The SMILES string of the molecule is COc1ccc(CN2C(=O)[C@](NC(=O)OCc3ccccc3)(c3[nH]c4cc(Cl)c(F)cc4c3C=C(C)[N+](=O)[O-])c3cc(Cl)ccc32)cc1. The smallest absolute Gasteiger partial charge is 0.408 e. The third kappa shape index (κ3) is 5.94. The van der Waals surface area contributed by atoms with E-state index in [1.54, 1.807) is 67.8 Å². The fourth-order valence-corrected chi connectivity index (χ4v) is 6.13. The Kier molecular flexibility index (Phi) is 8.83. The number of H-pyrrole nitrogens is 1. The van der Waals surface area contributed by atoms with Crippen LogP contribution in [0.4, 0.5) is 14.9 Å². The van der Waals surface area contributed by atoms with Gasteiger partial charge in [-0.1, -0.05) is 65.7 Å². The van der Waals surface area contributed by atoms with Crippen LogP contribution in [0.2, 0.25) is 10.0 Å². The lowest BCUT2D eigenvalue weighted by molar-refractivity contribution is -0.422. The molecule has 6 rings (SSSR count). The van der Waals surface area contributed by atoms with Crippen LogP contribution in [0.25, 0.3) is 17.0 Å². The number of nitro groups is 1. The molecule has 0 aliphatic carbocycles. The quantitative estimate of drug-likeness (QED) is 0.119. The first-order valence-electron chi connectivity index (χ1n) is 14.6. The maximum absolute atomic E-state index is 15.0. The molecule has 0 fully saturated rings. The minimum absolute atomic E-state index is 0.0165. The van der Waals surface area contributed by atoms with E-state index in [9.17, 15) is 19.3 Å². The molecule has 0 spiro atoms. The number of methoxy groups -OCH3 is 1. The molecular formula is C35H27Cl2FN4O6. The van der Waals surface area contributed by atoms with Crippen LogP contribution >= 0.6 is 23.2 Å². The molecule has 5 aromatic rings. The number of ether oxygens (including phenoxy) is 2. The highest BCUT2D eigenvalue weighted by Crippen LogP contribution is 2.48. The van der Waals surface area contributed by atoms with Crippen LogP contribution in [0.1, 0.15) is 34.9 Å². The lowest BCUT2D eigenvalue weighted by Gasteiger charge is -2.30. The van der Waals surface area contributed by atoms with Gasteiger partial charge in [0, 0.05) is 40.1 Å². The number of carbonyl (C=O) groups excluding carboxylic acids is 2. The van der Waals surface area contributed by atoms with Gasteiger partial charge in [0.2, 0.25) is 5.70 Å². The molecular weight excluding hydrogens is 662 g/mol. The number of nitrogens with one attached hydrogen (secondary N) is 2. The summed E-state index contributed by atoms with van der Waals surface area (Å²) in [5.74, 6) is -0.786. The van der Waals surface area contributed by atoms with Crippen molar-refractivity contribution >= 4 is 57.9 Å². The molecule has 48 heavy (non-hydrogen) atoms. The maximum atomic E-state index is 15.0. The van der Waals surface area contributed by atoms with Crippen molar-refractivity contribution in [3.05, 3.63) is 145 Å². The van der Waals surface area contributed by atoms with Crippen LogP contribution in [0.5, 0.6) is 5.75 Å². The summed E-state index contributed by atoms with van der Waals surface area (Å²) in [6.45, 7) is 1.22. The number of aromatic nitrogens is 1. The van der Waals surface area contributed by atoms with Gasteiger partial charge in [-0.15, -0.1) is 0 Å². The first-order chi connectivity index (χ1) is 23.0. The van der Waals surface area contributed by atoms with Crippen LogP contribution in [0.15, 0.2) is 90.6 Å². The zero-order chi connectivity index (χ0) is 34.2. The monoisotopic (exact) mass is 688 g/mol. The van der Waals surface area contributed by atoms with Gasteiger partial charge >= 0.3 is 6.09 Å². The summed E-state index contributed by atoms with van der Waals surface area (Å²) in [7, 11) is 1.54. The number of fused-ring (bicyclic) bond motifs is 2. The number of carbonyl (C=O) groups is 2. The summed E-state index contributed by atoms with van der Waals surface area (Å²) in [5.41, 5.74) is 0.0946. The Morgan fingerprint density at radius 3 is 2.48 bits per heavy atom. The maximum Gasteiger partial charge on any atom is 0.408 e. The third-order valence-electron chi connectivity index (χ3n) is 8.12. The topological polar surface area (TPSA) is 127 Å². The Morgan fingerprint density at radius 1 is 1.06 bits per heavy atom. The Morgan fingerprint density at radius 2 is 1.79 bits per heavy atom. The molecule has 0 bridgehead atoms. The second-order valence-corrected chi connectivity index (χ2v) is 11.9. The van der Waals surface area contributed by atoms with Crippen molar-refractivity contribution in [2.45, 2.75) is 25.6 Å². The molecule has 13 heteroatoms. The molecule has 2 heterocycles. The van der Waals surface area contributed by atoms with Crippen molar-refractivity contribution in [3.63, 3.8) is 0 Å². The van der Waals surface area contributed by atoms with Gasteiger partial charge in [0.1, 0.15) is 18.2 Å². The van der Waals surface area contributed by atoms with Crippen molar-refractivity contribution in [1.82, 2.24) is 10.3 Å². The van der Waals surface area contributed by atoms with E-state index in [-0.39, 0.29) is 56.6 Å². The number of amides is 2. The van der Waals surface area contributed by atoms with E-state index in [4.69, 9.17) is 32.7 Å². The second kappa shape index (κ2) is 13.0. The van der Waals surface area contributed by atoms with Gasteiger partial charge in [0.25, 0.3) is 5.91 Å². The van der Waals surface area contributed by atoms with Crippen molar-refractivity contribution in [1.29, 1.82) is 0 Å². The van der Waals surface area contributed by atoms with E-state index in [0.29, 0.717) is 17.0 Å². The van der Waals surface area contributed by atoms with Gasteiger partial charge in [-0.2, -0.15) is 0 Å². The Hall–Kier alpha value is -5.39. The molecule has 0 saturated carbocycles. The fraction of sp³-hybridized carbons (Fsp3) is 0.143. The summed E-state index contributed by atoms with van der Waals surface area (Å²) in [6.07, 6.45) is 0.248. The molecule has 0 saturated heterocycles. The first kappa shape index (κ1) is 32.5. The molecule has 0 unspecified atom stereocenters. The number of benzene rings is 4. The van der Waals surface area contributed by atoms with E-state index in [2.05, 4.69) is 10.3 Å². The second-order valence-electron chi connectivity index (χ2n) is 11.1. The number of anilines is 1. The van der Waals surface area contributed by atoms with E-state index >= 15 is 4.79 Å². The largest absolute Gasteiger partial charge is 0.497 e. The third-order valence-corrected chi connectivity index (χ3v) is 8.64. The summed E-state index contributed by atoms with van der Waals surface area (Å²) in [4.78, 5) is 44.6. The number of hydrogen-bond donors (Lipinski definition) is 2. The normalized spacial score (nSPS) is 15.8. The summed E-state index contributed by atoms with van der Waals surface area (Å²) < 4.78 is 25.8. The Balaban J connectivity index is 1.58. The zero-order valence-electron chi connectivity index (χ0n) is 25.6. The van der Waals surface area contributed by atoms with Gasteiger partial charge in [-0.25, -0.2) is 9.18 Å². The fourth-order valence-electron chi connectivity index (χ4n) is 5.80. The van der Waals surface area contributed by atoms with E-state index in [0.717, 1.165) is 11.6 Å². The minimum atomic E-state index is -2.08. The van der Waals surface area contributed by atoms with Crippen molar-refractivity contribution < 1.29 is 28.4 Å². The lowest BCUT2D eigenvalue weighted by atomic mass is 9.85. The first-order valence-corrected chi connectivity index (χ1v) is 15.3. The molecule has 2 amide bonds. The Bertz CT molecular complexity index is 2100. The standard InChI is InChI=1S/C35H27Cl2FN4O6/c1-20(42(45)46)14-26-25-16-29(38)28(37)17-30(25)39-32(26)35(40-34(44)48-19-22-6-4-3-5-7-22)27-15-23(36)10-13-31(27)41(33(35)43)18-21-8-11-24(47-2)12-9-21/h3-17,39H,18-19H2,1-2H3,(H,40,44)/t35-/m1/s1. The molecule has 1 aliphatic heterocycles. The number of allylic oxidation sites excluding steroid dienone is 1. The number of aromatic amines is 1. The van der Waals surface area contributed by atoms with Crippen molar-refractivity contribution in [2.75, 3.05) is 12.0 Å². The summed E-state index contributed by atoms with van der Waals surface area (Å²) in [5, 5.41) is 14.9. The zero-order valence-corrected chi connectivity index (χ0v) is 27.1. The van der Waals surface area contributed by atoms with Crippen LogP contribution in [-0.2, 0) is 28.2 Å². The number of alkyl carbamates (subject to hydrolysis) is 1. The average Bonchev–Trinajstić information content (AvgIpc) is 3.52. The molecule has 4 aromatic carbocycles. The summed E-state index contributed by atoms with van der Waals surface area (Å²) >= 11 is 12.7. The van der Waals surface area contributed by atoms with Gasteiger partial charge in [0.15, 0.2) is 5.54 Å². The van der Waals surface area contributed by atoms with Crippen molar-refractivity contribution in [3.8, 4) is 5.75 Å². The van der Waals surface area contributed by atoms with Gasteiger partial charge in [-0.05, 0) is 53.6 Å². The van der Waals surface area contributed by atoms with Crippen LogP contribution in [0, 0.1) is 15.9 Å². The molecule has 2 N–H and O–H groups in total. The number of halogens is 3. The molecule has 1 aliphatic rings. The number of rotatable bonds is 9. The minimum Gasteiger partial charge on any atom is -0.497 e. The lowest BCUT2D eigenvalue weighted by Crippen LogP contribution is -2.54. The molecule has 1 atom stereocenters. The van der Waals surface area contributed by atoms with Crippen LogP contribution in [0.3, 0.4) is 0 Å². The van der Waals surface area contributed by atoms with E-state index < -0.39 is 28.3 Å². The average molecular weight is 690 g/mol. The summed E-state index contributed by atoms with van der Waals surface area (Å²) in [6, 6.07) is 23.3. The number of hydrogen-bond acceptors (Lipinski definition) is 6. The van der Waals surface area contributed by atoms with Gasteiger partial charge in [0.05, 0.1) is 35.0 Å². The predicted octanol–water partition coefficient (Wildman–Crippen LogP) is 7.98. The van der Waals surface area contributed by atoms with Crippen LogP contribution < -0.4 is 15.0 Å². The molecule has 1 aromatic heterocycles.